The topological polar surface area (TPSA) is 0 Å². The quantitative estimate of drug-likeness (QED) is 0.563. The molecule has 0 aromatic heterocycles. The summed E-state index contributed by atoms with van der Waals surface area (Å²) in [5, 5.41) is 0. The summed E-state index contributed by atoms with van der Waals surface area (Å²) in [5.74, 6) is 53.2. The Morgan fingerprint density at radius 2 is 0.333 bits per heavy atom. The van der Waals surface area contributed by atoms with Crippen LogP contribution in [0.25, 0.3) is 0 Å². The maximum absolute atomic E-state index is 4.90. The fourth-order valence-electron chi connectivity index (χ4n) is 0.635. The van der Waals surface area contributed by atoms with Crippen LogP contribution in [-0.2, 0) is 0 Å². The highest BCUT2D eigenvalue weighted by Gasteiger charge is 1.58. The van der Waals surface area contributed by atoms with Crippen molar-refractivity contribution in [1.29, 1.82) is 0 Å². The van der Waals surface area contributed by atoms with Gasteiger partial charge < -0.3 is 0 Å². The lowest BCUT2D eigenvalue weighted by Crippen LogP contribution is -1.56. The highest BCUT2D eigenvalue weighted by atomic mass is 13.6. The average Bonchev–Trinajstić information content (AvgIpc) is 2.60. The molecule has 0 N–H and O–H groups in total. The number of hydrogen-bond donors (Lipinski definition) is 0. The minimum absolute atomic E-state index is 2.12. The van der Waals surface area contributed by atoms with E-state index < -0.39 is 0 Å². The lowest BCUT2D eigenvalue weighted by molar-refractivity contribution is 2.32. The zero-order valence-electron chi connectivity index (χ0n) is 12.2. The Bertz CT molecular complexity index is 1100. The molecule has 0 saturated heterocycles. The van der Waals surface area contributed by atoms with Gasteiger partial charge in [0, 0.05) is 35.5 Å². The maximum Gasteiger partial charge on any atom is 0 e. The van der Waals surface area contributed by atoms with Gasteiger partial charge in [-0.1, -0.05) is 0 Å². The summed E-state index contributed by atoms with van der Waals surface area (Å²) in [6, 6.07) is 0. The number of terminal acetylenes is 2. The smallest absolute Gasteiger partial charge is 0 e. The summed E-state index contributed by atoms with van der Waals surface area (Å²) in [7, 11) is 0. The van der Waals surface area contributed by atoms with Crippen LogP contribution >= 0.6 is 0 Å². The second-order valence-corrected chi connectivity index (χ2v) is 2.79. The first-order valence-corrected chi connectivity index (χ1v) is 5.83. The molecule has 0 rings (SSSR count). The molecule has 24 heavy (non-hydrogen) atoms. The lowest BCUT2D eigenvalue weighted by Gasteiger charge is -1.56. The molecule has 0 amide bonds. The number of rotatable bonds is 0. The zero-order valence-corrected chi connectivity index (χ0v) is 12.2. The Morgan fingerprint density at radius 1 is 0.208 bits per heavy atom. The molecule has 0 aliphatic rings. The first kappa shape index (κ1) is 18.7. The van der Waals surface area contributed by atoms with E-state index in [9.17, 15) is 0 Å². The molecule has 0 aromatic rings. The molecule has 0 bridgehead atoms. The van der Waals surface area contributed by atoms with Crippen LogP contribution in [0.15, 0.2) is 0 Å². The van der Waals surface area contributed by atoms with Gasteiger partial charge in [-0.15, -0.1) is 12.8 Å². The Balaban J connectivity index is 4.40. The standard InChI is InChI=1S/C24H2/c1-3-5-7-9-11-13-15-17-19-21-23-24-22-20-18-16-14-12-10-8-6-4-2/h1-2H. The van der Waals surface area contributed by atoms with Gasteiger partial charge in [-0.05, 0) is 94.7 Å². The summed E-state index contributed by atoms with van der Waals surface area (Å²) in [4.78, 5) is 0. The summed E-state index contributed by atoms with van der Waals surface area (Å²) >= 11 is 0. The molecule has 0 aromatic carbocycles. The van der Waals surface area contributed by atoms with E-state index in [0.717, 1.165) is 0 Å². The van der Waals surface area contributed by atoms with Crippen molar-refractivity contribution in [2.24, 2.45) is 0 Å². The van der Waals surface area contributed by atoms with Crippen molar-refractivity contribution in [2.45, 2.75) is 0 Å². The van der Waals surface area contributed by atoms with Crippen LogP contribution < -0.4 is 0 Å². The van der Waals surface area contributed by atoms with Crippen molar-refractivity contribution in [2.75, 3.05) is 0 Å². The average molecular weight is 290 g/mol. The van der Waals surface area contributed by atoms with Crippen molar-refractivity contribution in [3.05, 3.63) is 0 Å². The normalized spacial score (nSPS) is 3.75. The molecule has 0 nitrogen and oxygen atoms in total. The van der Waals surface area contributed by atoms with Crippen LogP contribution in [0.2, 0.25) is 0 Å². The van der Waals surface area contributed by atoms with Crippen LogP contribution in [0, 0.1) is 143 Å². The third-order valence-corrected chi connectivity index (χ3v) is 1.33. The highest BCUT2D eigenvalue weighted by molar-refractivity contribution is 5.47. The van der Waals surface area contributed by atoms with Crippen molar-refractivity contribution >= 4 is 0 Å². The van der Waals surface area contributed by atoms with Crippen LogP contribution in [0.1, 0.15) is 0 Å². The van der Waals surface area contributed by atoms with Crippen molar-refractivity contribution in [3.63, 3.8) is 0 Å². The summed E-state index contributed by atoms with van der Waals surface area (Å²) < 4.78 is 0. The SMILES string of the molecule is C#CC#CC#CC#CC#CC#CC#CC#CC#CC#CC#CC#C. The molecule has 98 valence electrons. The van der Waals surface area contributed by atoms with Crippen molar-refractivity contribution in [3.8, 4) is 143 Å². The van der Waals surface area contributed by atoms with E-state index in [4.69, 9.17) is 12.8 Å². The molecule has 0 fully saturated rings. The Morgan fingerprint density at radius 3 is 0.458 bits per heavy atom. The van der Waals surface area contributed by atoms with Crippen LogP contribution in [0.5, 0.6) is 0 Å². The third-order valence-electron chi connectivity index (χ3n) is 1.33. The molecule has 0 unspecified atom stereocenters. The Hall–Kier alpha value is -5.28. The van der Waals surface area contributed by atoms with Gasteiger partial charge in [0.15, 0.2) is 0 Å². The van der Waals surface area contributed by atoms with Crippen LogP contribution in [-0.4, -0.2) is 0 Å². The van der Waals surface area contributed by atoms with Gasteiger partial charge in [0.2, 0.25) is 0 Å². The molecule has 0 spiro atoms. The van der Waals surface area contributed by atoms with E-state index in [-0.39, 0.29) is 0 Å². The first-order valence-electron chi connectivity index (χ1n) is 5.83. The second kappa shape index (κ2) is 17.7. The molecular weight excluding hydrogens is 288 g/mol. The Labute approximate surface area is 143 Å². The molecule has 0 saturated carbocycles. The predicted molar refractivity (Wildman–Crippen MR) is 95.4 cm³/mol. The van der Waals surface area contributed by atoms with Gasteiger partial charge in [0.05, 0.1) is 0 Å². The second-order valence-electron chi connectivity index (χ2n) is 2.79. The van der Waals surface area contributed by atoms with E-state index in [1.165, 1.54) is 0 Å². The molecule has 0 heteroatoms. The minimum atomic E-state index is 2.12. The minimum Gasteiger partial charge on any atom is -0.106 e. The molecule has 0 aliphatic heterocycles. The molecule has 0 radical (unpaired) electrons. The van der Waals surface area contributed by atoms with Gasteiger partial charge in [0.1, 0.15) is 0 Å². The lowest BCUT2D eigenvalue weighted by atomic mass is 10.4. The van der Waals surface area contributed by atoms with Gasteiger partial charge in [-0.25, -0.2) is 0 Å². The third kappa shape index (κ3) is 16.7. The fourth-order valence-corrected chi connectivity index (χ4v) is 0.635. The first-order chi connectivity index (χ1) is 11.9. The van der Waals surface area contributed by atoms with E-state index >= 15 is 0 Å². The van der Waals surface area contributed by atoms with E-state index in [1.54, 1.807) is 0 Å². The van der Waals surface area contributed by atoms with Crippen molar-refractivity contribution in [1.82, 2.24) is 0 Å². The van der Waals surface area contributed by atoms with Gasteiger partial charge >= 0.3 is 0 Å². The monoisotopic (exact) mass is 290 g/mol. The fraction of sp³-hybridized carbons (Fsp3) is 0. The molecule has 0 heterocycles. The molecular formula is C24H2. The zero-order chi connectivity index (χ0) is 17.6. The number of hydrogen-bond acceptors (Lipinski definition) is 0. The van der Waals surface area contributed by atoms with Gasteiger partial charge in [0.25, 0.3) is 0 Å². The largest absolute Gasteiger partial charge is 0.106 e. The highest BCUT2D eigenvalue weighted by Crippen LogP contribution is 1.58. The van der Waals surface area contributed by atoms with Gasteiger partial charge in [-0.3, -0.25) is 0 Å². The van der Waals surface area contributed by atoms with Gasteiger partial charge in [-0.2, -0.15) is 0 Å². The summed E-state index contributed by atoms with van der Waals surface area (Å²) in [6.45, 7) is 0. The Kier molecular flexibility index (Phi) is 13.8. The molecule has 0 atom stereocenters. The van der Waals surface area contributed by atoms with E-state index in [0.29, 0.717) is 0 Å². The predicted octanol–water partition coefficient (Wildman–Crippen LogP) is 0.287. The summed E-state index contributed by atoms with van der Waals surface area (Å²) in [6.07, 6.45) is 9.81. The maximum atomic E-state index is 4.90. The van der Waals surface area contributed by atoms with Crippen LogP contribution in [0.4, 0.5) is 0 Å². The van der Waals surface area contributed by atoms with Crippen LogP contribution in [0.3, 0.4) is 0 Å². The molecule has 0 aliphatic carbocycles. The van der Waals surface area contributed by atoms with Crippen molar-refractivity contribution < 1.29 is 0 Å². The summed E-state index contributed by atoms with van der Waals surface area (Å²) in [5.41, 5.74) is 0. The van der Waals surface area contributed by atoms with E-state index in [2.05, 4.69) is 130 Å². The van der Waals surface area contributed by atoms with E-state index in [1.807, 2.05) is 0 Å².